The van der Waals surface area contributed by atoms with Gasteiger partial charge in [-0.2, -0.15) is 0 Å². The van der Waals surface area contributed by atoms with Crippen LogP contribution in [0.4, 0.5) is 0 Å². The van der Waals surface area contributed by atoms with Crippen LogP contribution in [0.3, 0.4) is 0 Å². The molecule has 3 heterocycles. The highest BCUT2D eigenvalue weighted by molar-refractivity contribution is 7.14. The van der Waals surface area contributed by atoms with Crippen molar-refractivity contribution in [3.05, 3.63) is 21.9 Å². The Morgan fingerprint density at radius 2 is 1.84 bits per heavy atom. The zero-order valence-corrected chi connectivity index (χ0v) is 16.0. The first-order valence-corrected chi connectivity index (χ1v) is 10.5. The number of morpholine rings is 1. The van der Waals surface area contributed by atoms with Gasteiger partial charge in [-0.1, -0.05) is 6.42 Å². The van der Waals surface area contributed by atoms with Crippen LogP contribution in [0.2, 0.25) is 0 Å². The molecule has 0 unspecified atom stereocenters. The summed E-state index contributed by atoms with van der Waals surface area (Å²) >= 11 is 1.65. The van der Waals surface area contributed by atoms with Gasteiger partial charge in [0.05, 0.1) is 18.1 Å². The Morgan fingerprint density at radius 3 is 2.64 bits per heavy atom. The fraction of sp³-hybridized carbons (Fsp3) is 0.737. The molecule has 1 aromatic rings. The summed E-state index contributed by atoms with van der Waals surface area (Å²) in [6.07, 6.45) is 6.15. The minimum atomic E-state index is 0.0845. The van der Waals surface area contributed by atoms with E-state index >= 15 is 0 Å². The Hall–Kier alpha value is -0.950. The molecule has 25 heavy (non-hydrogen) atoms. The van der Waals surface area contributed by atoms with E-state index in [2.05, 4.69) is 21.2 Å². The molecule has 1 N–H and O–H groups in total. The molecule has 3 rings (SSSR count). The number of hydrogen-bond acceptors (Lipinski definition) is 5. The summed E-state index contributed by atoms with van der Waals surface area (Å²) in [5.74, 6) is 0.0845. The van der Waals surface area contributed by atoms with E-state index in [1.165, 1.54) is 37.2 Å². The topological polar surface area (TPSA) is 44.8 Å². The Labute approximate surface area is 155 Å². The molecule has 0 aromatic carbocycles. The molecule has 5 nitrogen and oxygen atoms in total. The quantitative estimate of drug-likeness (QED) is 0.719. The van der Waals surface area contributed by atoms with Gasteiger partial charge < -0.3 is 10.1 Å². The van der Waals surface area contributed by atoms with Crippen LogP contribution in [0, 0.1) is 0 Å². The fourth-order valence-electron chi connectivity index (χ4n) is 3.50. The summed E-state index contributed by atoms with van der Waals surface area (Å²) in [5.41, 5.74) is 0. The molecule has 1 amide bonds. The van der Waals surface area contributed by atoms with Crippen LogP contribution >= 0.6 is 11.3 Å². The summed E-state index contributed by atoms with van der Waals surface area (Å²) in [5, 5.41) is 3.07. The van der Waals surface area contributed by atoms with E-state index in [1.54, 1.807) is 11.3 Å². The highest BCUT2D eigenvalue weighted by Crippen LogP contribution is 2.20. The van der Waals surface area contributed by atoms with Crippen molar-refractivity contribution >= 4 is 17.2 Å². The third-order valence-corrected chi connectivity index (χ3v) is 6.07. The van der Waals surface area contributed by atoms with Crippen molar-refractivity contribution < 1.29 is 9.53 Å². The van der Waals surface area contributed by atoms with Gasteiger partial charge >= 0.3 is 0 Å². The molecule has 0 radical (unpaired) electrons. The lowest BCUT2D eigenvalue weighted by molar-refractivity contribution is 0.0372. The average molecular weight is 366 g/mol. The van der Waals surface area contributed by atoms with Gasteiger partial charge in [0.25, 0.3) is 5.91 Å². The lowest BCUT2D eigenvalue weighted by Crippen LogP contribution is -2.37. The highest BCUT2D eigenvalue weighted by atomic mass is 32.1. The summed E-state index contributed by atoms with van der Waals surface area (Å²) in [6.45, 7) is 9.07. The van der Waals surface area contributed by atoms with Gasteiger partial charge in [-0.05, 0) is 57.5 Å². The Bertz CT molecular complexity index is 522. The van der Waals surface area contributed by atoms with Crippen molar-refractivity contribution in [2.24, 2.45) is 0 Å². The van der Waals surface area contributed by atoms with Crippen LogP contribution in [0.15, 0.2) is 12.1 Å². The van der Waals surface area contributed by atoms with Gasteiger partial charge in [0, 0.05) is 31.1 Å². The fourth-order valence-corrected chi connectivity index (χ4v) is 4.46. The number of hydrogen-bond donors (Lipinski definition) is 1. The summed E-state index contributed by atoms with van der Waals surface area (Å²) < 4.78 is 5.36. The van der Waals surface area contributed by atoms with Crippen LogP contribution in [0.5, 0.6) is 0 Å². The van der Waals surface area contributed by atoms with E-state index < -0.39 is 0 Å². The van der Waals surface area contributed by atoms with Crippen molar-refractivity contribution in [1.29, 1.82) is 0 Å². The SMILES string of the molecule is O=C(NCCCCN1CCOCC1)c1ccc(CN2CCCCC2)s1. The first-order valence-electron chi connectivity index (χ1n) is 9.70. The van der Waals surface area contributed by atoms with E-state index in [0.29, 0.717) is 0 Å². The number of amides is 1. The van der Waals surface area contributed by atoms with Crippen LogP contribution < -0.4 is 5.32 Å². The third kappa shape index (κ3) is 6.37. The number of piperidine rings is 1. The maximum atomic E-state index is 12.3. The molecule has 2 aliphatic rings. The van der Waals surface area contributed by atoms with Gasteiger partial charge in [0.1, 0.15) is 0 Å². The number of unbranched alkanes of at least 4 members (excludes halogenated alkanes) is 1. The normalized spacial score (nSPS) is 19.8. The lowest BCUT2D eigenvalue weighted by atomic mass is 10.1. The average Bonchev–Trinajstić information content (AvgIpc) is 3.11. The first-order chi connectivity index (χ1) is 12.3. The zero-order valence-electron chi connectivity index (χ0n) is 15.2. The number of ether oxygens (including phenoxy) is 1. The molecule has 0 aliphatic carbocycles. The second-order valence-electron chi connectivity index (χ2n) is 7.02. The molecule has 1 aromatic heterocycles. The van der Waals surface area contributed by atoms with E-state index in [1.807, 2.05) is 6.07 Å². The molecule has 0 spiro atoms. The minimum Gasteiger partial charge on any atom is -0.379 e. The first kappa shape index (κ1) is 18.8. The lowest BCUT2D eigenvalue weighted by Gasteiger charge is -2.26. The molecule has 0 saturated carbocycles. The molecule has 0 atom stereocenters. The molecule has 140 valence electrons. The van der Waals surface area contributed by atoms with Gasteiger partial charge in [0.2, 0.25) is 0 Å². The Balaban J connectivity index is 1.31. The molecule has 6 heteroatoms. The van der Waals surface area contributed by atoms with Gasteiger partial charge in [0.15, 0.2) is 0 Å². The highest BCUT2D eigenvalue weighted by Gasteiger charge is 2.14. The zero-order chi connectivity index (χ0) is 17.3. The largest absolute Gasteiger partial charge is 0.379 e. The van der Waals surface area contributed by atoms with Crippen molar-refractivity contribution in [2.75, 3.05) is 52.5 Å². The number of rotatable bonds is 8. The molecule has 2 saturated heterocycles. The van der Waals surface area contributed by atoms with Crippen molar-refractivity contribution in [3.63, 3.8) is 0 Å². The maximum Gasteiger partial charge on any atom is 0.261 e. The van der Waals surface area contributed by atoms with Crippen LogP contribution in [0.25, 0.3) is 0 Å². The van der Waals surface area contributed by atoms with Crippen molar-refractivity contribution in [1.82, 2.24) is 15.1 Å². The van der Waals surface area contributed by atoms with Crippen molar-refractivity contribution in [3.8, 4) is 0 Å². The van der Waals surface area contributed by atoms with Crippen LogP contribution in [0.1, 0.15) is 46.7 Å². The smallest absolute Gasteiger partial charge is 0.261 e. The molecular formula is C19H31N3O2S. The van der Waals surface area contributed by atoms with Gasteiger partial charge in [-0.15, -0.1) is 11.3 Å². The van der Waals surface area contributed by atoms with Crippen LogP contribution in [-0.2, 0) is 11.3 Å². The van der Waals surface area contributed by atoms with Crippen LogP contribution in [-0.4, -0.2) is 68.2 Å². The molecular weight excluding hydrogens is 334 g/mol. The number of likely N-dealkylation sites (tertiary alicyclic amines) is 1. The molecule has 2 aliphatic heterocycles. The maximum absolute atomic E-state index is 12.3. The van der Waals surface area contributed by atoms with Crippen molar-refractivity contribution in [2.45, 2.75) is 38.6 Å². The second kappa shape index (κ2) is 10.3. The number of nitrogens with zero attached hydrogens (tertiary/aromatic N) is 2. The summed E-state index contributed by atoms with van der Waals surface area (Å²) in [7, 11) is 0. The van der Waals surface area contributed by atoms with E-state index in [-0.39, 0.29) is 5.91 Å². The molecule has 0 bridgehead atoms. The van der Waals surface area contributed by atoms with Gasteiger partial charge in [-0.25, -0.2) is 0 Å². The van der Waals surface area contributed by atoms with E-state index in [4.69, 9.17) is 4.74 Å². The monoisotopic (exact) mass is 365 g/mol. The number of carbonyl (C=O) groups excluding carboxylic acids is 1. The summed E-state index contributed by atoms with van der Waals surface area (Å²) in [4.78, 5) is 19.4. The number of carbonyl (C=O) groups is 1. The molecule has 2 fully saturated rings. The second-order valence-corrected chi connectivity index (χ2v) is 8.19. The standard InChI is InChI=1S/C19H31N3O2S/c23-19(20-8-2-5-9-21-12-14-24-15-13-21)18-7-6-17(25-18)16-22-10-3-1-4-11-22/h6-7H,1-5,8-16H2,(H,20,23). The van der Waals surface area contributed by atoms with Gasteiger partial charge in [-0.3, -0.25) is 14.6 Å². The Kier molecular flexibility index (Phi) is 7.73. The number of nitrogens with one attached hydrogen (secondary N) is 1. The third-order valence-electron chi connectivity index (χ3n) is 5.00. The van der Waals surface area contributed by atoms with E-state index in [9.17, 15) is 4.79 Å². The Morgan fingerprint density at radius 1 is 1.04 bits per heavy atom. The summed E-state index contributed by atoms with van der Waals surface area (Å²) in [6, 6.07) is 4.10. The number of thiophene rings is 1. The predicted octanol–water partition coefficient (Wildman–Crippen LogP) is 2.58. The van der Waals surface area contributed by atoms with E-state index in [0.717, 1.165) is 63.7 Å². The predicted molar refractivity (Wildman–Crippen MR) is 102 cm³/mol. The minimum absolute atomic E-state index is 0.0845.